The molecule has 2 aromatic rings. The molecule has 0 radical (unpaired) electrons. The van der Waals surface area contributed by atoms with E-state index in [9.17, 15) is 9.59 Å². The molecule has 0 aliphatic rings. The van der Waals surface area contributed by atoms with Gasteiger partial charge in [-0.15, -0.1) is 0 Å². The second kappa shape index (κ2) is 7.12. The minimum atomic E-state index is -0.486. The molecule has 0 aliphatic heterocycles. The number of nitrogens with two attached hydrogens (primary N) is 1. The predicted octanol–water partition coefficient (Wildman–Crippen LogP) is 1.84. The number of para-hydroxylation sites is 2. The molecule has 0 heterocycles. The number of methoxy groups -OCH3 is 1. The van der Waals surface area contributed by atoms with Gasteiger partial charge in [0.2, 0.25) is 11.8 Å². The maximum absolute atomic E-state index is 11.9. The van der Waals surface area contributed by atoms with Gasteiger partial charge in [-0.2, -0.15) is 0 Å². The molecule has 114 valence electrons. The zero-order chi connectivity index (χ0) is 15.9. The Bertz CT molecular complexity index is 669. The lowest BCUT2D eigenvalue weighted by Gasteiger charge is -2.11. The number of carbonyl (C=O) groups excluding carboxylic acids is 2. The van der Waals surface area contributed by atoms with Gasteiger partial charge in [0.15, 0.2) is 0 Å². The number of carbonyl (C=O) groups is 2. The number of rotatable bonds is 6. The molecule has 0 spiro atoms. The summed E-state index contributed by atoms with van der Waals surface area (Å²) in [6.45, 7) is 0.0912. The van der Waals surface area contributed by atoms with Crippen LogP contribution in [-0.4, -0.2) is 25.5 Å². The number of anilines is 2. The summed E-state index contributed by atoms with van der Waals surface area (Å²) in [5, 5.41) is 5.72. The van der Waals surface area contributed by atoms with Gasteiger partial charge >= 0.3 is 0 Å². The standard InChI is InChI=1S/C16H17N3O3/c1-22-14-5-3-2-4-13(14)19-15(20)10-18-12-8-6-11(7-9-12)16(17)21/h2-9,18H,10H2,1H3,(H2,17,21)(H,19,20). The lowest BCUT2D eigenvalue weighted by atomic mass is 10.2. The highest BCUT2D eigenvalue weighted by Crippen LogP contribution is 2.22. The Morgan fingerprint density at radius 1 is 1.09 bits per heavy atom. The number of hydrogen-bond acceptors (Lipinski definition) is 4. The molecule has 0 bridgehead atoms. The molecular formula is C16H17N3O3. The van der Waals surface area contributed by atoms with Crippen LogP contribution in [0.4, 0.5) is 11.4 Å². The van der Waals surface area contributed by atoms with Gasteiger partial charge in [0, 0.05) is 11.3 Å². The van der Waals surface area contributed by atoms with Crippen LogP contribution in [0.25, 0.3) is 0 Å². The normalized spacial score (nSPS) is 9.86. The smallest absolute Gasteiger partial charge is 0.248 e. The van der Waals surface area contributed by atoms with Gasteiger partial charge in [-0.3, -0.25) is 9.59 Å². The Hall–Kier alpha value is -3.02. The van der Waals surface area contributed by atoms with Crippen LogP contribution in [0, 0.1) is 0 Å². The molecule has 6 heteroatoms. The van der Waals surface area contributed by atoms with E-state index in [0.29, 0.717) is 17.0 Å². The molecule has 0 saturated carbocycles. The van der Waals surface area contributed by atoms with Crippen molar-refractivity contribution in [3.05, 3.63) is 54.1 Å². The Morgan fingerprint density at radius 3 is 2.41 bits per heavy atom. The molecule has 6 nitrogen and oxygen atoms in total. The number of benzene rings is 2. The molecule has 0 saturated heterocycles. The summed E-state index contributed by atoms with van der Waals surface area (Å²) in [5.74, 6) is -0.0920. The molecule has 2 amide bonds. The monoisotopic (exact) mass is 299 g/mol. The van der Waals surface area contributed by atoms with E-state index in [4.69, 9.17) is 10.5 Å². The van der Waals surface area contributed by atoms with E-state index in [2.05, 4.69) is 10.6 Å². The van der Waals surface area contributed by atoms with Gasteiger partial charge in [-0.25, -0.2) is 0 Å². The summed E-state index contributed by atoms with van der Waals surface area (Å²) < 4.78 is 5.17. The second-order valence-corrected chi connectivity index (χ2v) is 4.54. The molecule has 22 heavy (non-hydrogen) atoms. The highest BCUT2D eigenvalue weighted by atomic mass is 16.5. The van der Waals surface area contributed by atoms with Crippen molar-refractivity contribution >= 4 is 23.2 Å². The zero-order valence-electron chi connectivity index (χ0n) is 12.1. The Kier molecular flexibility index (Phi) is 4.98. The van der Waals surface area contributed by atoms with Crippen molar-refractivity contribution in [2.45, 2.75) is 0 Å². The number of primary amides is 1. The molecule has 2 rings (SSSR count). The maximum Gasteiger partial charge on any atom is 0.248 e. The lowest BCUT2D eigenvalue weighted by molar-refractivity contribution is -0.114. The van der Waals surface area contributed by atoms with Gasteiger partial charge in [0.25, 0.3) is 0 Å². The van der Waals surface area contributed by atoms with Gasteiger partial charge in [0.05, 0.1) is 19.3 Å². The molecule has 0 fully saturated rings. The third-order valence-corrected chi connectivity index (χ3v) is 3.00. The number of nitrogens with one attached hydrogen (secondary N) is 2. The van der Waals surface area contributed by atoms with E-state index >= 15 is 0 Å². The Labute approximate surface area is 128 Å². The average molecular weight is 299 g/mol. The minimum Gasteiger partial charge on any atom is -0.495 e. The third-order valence-electron chi connectivity index (χ3n) is 3.00. The van der Waals surface area contributed by atoms with Crippen molar-refractivity contribution in [1.29, 1.82) is 0 Å². The van der Waals surface area contributed by atoms with Crippen molar-refractivity contribution in [2.24, 2.45) is 5.73 Å². The van der Waals surface area contributed by atoms with E-state index in [1.807, 2.05) is 12.1 Å². The van der Waals surface area contributed by atoms with Crippen LogP contribution in [0.2, 0.25) is 0 Å². The molecular weight excluding hydrogens is 282 g/mol. The summed E-state index contributed by atoms with van der Waals surface area (Å²) in [7, 11) is 1.55. The van der Waals surface area contributed by atoms with Gasteiger partial charge in [-0.05, 0) is 36.4 Å². The summed E-state index contributed by atoms with van der Waals surface area (Å²) in [5.41, 5.74) is 6.92. The van der Waals surface area contributed by atoms with Gasteiger partial charge < -0.3 is 21.1 Å². The first-order valence-electron chi connectivity index (χ1n) is 6.67. The number of hydrogen-bond donors (Lipinski definition) is 3. The molecule has 0 aromatic heterocycles. The molecule has 0 unspecified atom stereocenters. The van der Waals surface area contributed by atoms with Crippen molar-refractivity contribution < 1.29 is 14.3 Å². The fourth-order valence-electron chi connectivity index (χ4n) is 1.88. The summed E-state index contributed by atoms with van der Waals surface area (Å²) in [4.78, 5) is 22.9. The van der Waals surface area contributed by atoms with E-state index in [0.717, 1.165) is 5.69 Å². The quantitative estimate of drug-likeness (QED) is 0.758. The number of amides is 2. The fraction of sp³-hybridized carbons (Fsp3) is 0.125. The van der Waals surface area contributed by atoms with Crippen LogP contribution < -0.4 is 21.1 Å². The summed E-state index contributed by atoms with van der Waals surface area (Å²) >= 11 is 0. The average Bonchev–Trinajstić information content (AvgIpc) is 2.54. The molecule has 0 aliphatic carbocycles. The molecule has 0 atom stereocenters. The van der Waals surface area contributed by atoms with Gasteiger partial charge in [-0.1, -0.05) is 12.1 Å². The number of ether oxygens (including phenoxy) is 1. The maximum atomic E-state index is 11.9. The van der Waals surface area contributed by atoms with Crippen LogP contribution in [0.3, 0.4) is 0 Å². The molecule has 4 N–H and O–H groups in total. The Morgan fingerprint density at radius 2 is 1.77 bits per heavy atom. The Balaban J connectivity index is 1.91. The minimum absolute atomic E-state index is 0.0912. The van der Waals surface area contributed by atoms with E-state index in [-0.39, 0.29) is 12.5 Å². The first kappa shape index (κ1) is 15.4. The van der Waals surface area contributed by atoms with Crippen LogP contribution in [0.1, 0.15) is 10.4 Å². The second-order valence-electron chi connectivity index (χ2n) is 4.54. The highest BCUT2D eigenvalue weighted by molar-refractivity contribution is 5.95. The predicted molar refractivity (Wildman–Crippen MR) is 85.1 cm³/mol. The van der Waals surface area contributed by atoms with E-state index < -0.39 is 5.91 Å². The van der Waals surface area contributed by atoms with Crippen LogP contribution in [-0.2, 0) is 4.79 Å². The summed E-state index contributed by atoms with van der Waals surface area (Å²) in [6, 6.07) is 13.8. The third kappa shape index (κ3) is 3.99. The summed E-state index contributed by atoms with van der Waals surface area (Å²) in [6.07, 6.45) is 0. The first-order valence-corrected chi connectivity index (χ1v) is 6.67. The van der Waals surface area contributed by atoms with Crippen LogP contribution >= 0.6 is 0 Å². The zero-order valence-corrected chi connectivity index (χ0v) is 12.1. The molecule has 2 aromatic carbocycles. The SMILES string of the molecule is COc1ccccc1NC(=O)CNc1ccc(C(N)=O)cc1. The highest BCUT2D eigenvalue weighted by Gasteiger charge is 2.07. The van der Waals surface area contributed by atoms with Crippen LogP contribution in [0.15, 0.2) is 48.5 Å². The van der Waals surface area contributed by atoms with Crippen LogP contribution in [0.5, 0.6) is 5.75 Å². The van der Waals surface area contributed by atoms with Gasteiger partial charge in [0.1, 0.15) is 5.75 Å². The van der Waals surface area contributed by atoms with E-state index in [1.165, 1.54) is 0 Å². The van der Waals surface area contributed by atoms with Crippen molar-refractivity contribution in [3.63, 3.8) is 0 Å². The van der Waals surface area contributed by atoms with Crippen molar-refractivity contribution in [3.8, 4) is 5.75 Å². The van der Waals surface area contributed by atoms with E-state index in [1.54, 1.807) is 43.5 Å². The van der Waals surface area contributed by atoms with Crippen molar-refractivity contribution in [1.82, 2.24) is 0 Å². The largest absolute Gasteiger partial charge is 0.495 e. The lowest BCUT2D eigenvalue weighted by Crippen LogP contribution is -2.22. The fourth-order valence-corrected chi connectivity index (χ4v) is 1.88. The van der Waals surface area contributed by atoms with Crippen molar-refractivity contribution in [2.75, 3.05) is 24.3 Å². The first-order chi connectivity index (χ1) is 10.6. The topological polar surface area (TPSA) is 93.4 Å².